The Morgan fingerprint density at radius 3 is 2.32 bits per heavy atom. The third kappa shape index (κ3) is 7.25. The number of unbranched alkanes of at least 4 members (excludes halogenated alkanes) is 2. The van der Waals surface area contributed by atoms with Crippen molar-refractivity contribution in [3.05, 3.63) is 35.9 Å². The van der Waals surface area contributed by atoms with Crippen molar-refractivity contribution in [2.45, 2.75) is 65.1 Å². The molecule has 0 saturated heterocycles. The van der Waals surface area contributed by atoms with Crippen LogP contribution in [0.2, 0.25) is 0 Å². The first-order valence-electron chi connectivity index (χ1n) is 7.98. The zero-order chi connectivity index (χ0) is 16.4. The molecule has 0 saturated carbocycles. The molecule has 0 radical (unpaired) electrons. The maximum absolute atomic E-state index is 12.1. The number of benzene rings is 1. The van der Waals surface area contributed by atoms with E-state index in [4.69, 9.17) is 9.47 Å². The molecule has 1 aromatic rings. The normalized spacial score (nSPS) is 12.0. The molecule has 0 heterocycles. The molecule has 0 amide bonds. The van der Waals surface area contributed by atoms with Gasteiger partial charge in [0.1, 0.15) is 6.10 Å². The molecule has 4 nitrogen and oxygen atoms in total. The topological polar surface area (TPSA) is 52.6 Å². The number of esters is 2. The summed E-state index contributed by atoms with van der Waals surface area (Å²) in [4.78, 5) is 23.9. The molecule has 1 atom stereocenters. The first-order chi connectivity index (χ1) is 10.5. The van der Waals surface area contributed by atoms with E-state index in [1.54, 1.807) is 38.1 Å². The van der Waals surface area contributed by atoms with Crippen LogP contribution < -0.4 is 0 Å². The Kier molecular flexibility index (Phi) is 8.26. The second-order valence-corrected chi connectivity index (χ2v) is 5.63. The van der Waals surface area contributed by atoms with E-state index in [1.165, 1.54) is 0 Å². The van der Waals surface area contributed by atoms with Crippen LogP contribution in [0.5, 0.6) is 0 Å². The second-order valence-electron chi connectivity index (χ2n) is 5.63. The van der Waals surface area contributed by atoms with Gasteiger partial charge in [0, 0.05) is 0 Å². The van der Waals surface area contributed by atoms with E-state index in [2.05, 4.69) is 6.92 Å². The Bertz CT molecular complexity index is 453. The van der Waals surface area contributed by atoms with Crippen LogP contribution in [0.4, 0.5) is 0 Å². The van der Waals surface area contributed by atoms with Crippen molar-refractivity contribution in [1.29, 1.82) is 0 Å². The third-order valence-electron chi connectivity index (χ3n) is 3.17. The van der Waals surface area contributed by atoms with Gasteiger partial charge in [-0.25, -0.2) is 4.79 Å². The van der Waals surface area contributed by atoms with E-state index in [0.29, 0.717) is 12.0 Å². The molecule has 0 aliphatic rings. The number of carbonyl (C=O) groups excluding carboxylic acids is 2. The van der Waals surface area contributed by atoms with Gasteiger partial charge < -0.3 is 9.47 Å². The first-order valence-corrected chi connectivity index (χ1v) is 7.98. The molecule has 4 heteroatoms. The van der Waals surface area contributed by atoms with Crippen molar-refractivity contribution in [2.75, 3.05) is 0 Å². The van der Waals surface area contributed by atoms with Crippen LogP contribution in [0.25, 0.3) is 0 Å². The van der Waals surface area contributed by atoms with Crippen molar-refractivity contribution in [3.63, 3.8) is 0 Å². The molecule has 1 rings (SSSR count). The minimum atomic E-state index is -0.425. The summed E-state index contributed by atoms with van der Waals surface area (Å²) >= 11 is 0. The fourth-order valence-electron chi connectivity index (χ4n) is 2.12. The molecule has 1 aromatic carbocycles. The van der Waals surface area contributed by atoms with Crippen LogP contribution in [-0.4, -0.2) is 24.1 Å². The maximum Gasteiger partial charge on any atom is 0.338 e. The van der Waals surface area contributed by atoms with Gasteiger partial charge in [0.15, 0.2) is 0 Å². The molecule has 0 aliphatic carbocycles. The molecular formula is C18H26O4. The van der Waals surface area contributed by atoms with Gasteiger partial charge in [-0.05, 0) is 38.8 Å². The maximum atomic E-state index is 12.1. The van der Waals surface area contributed by atoms with Crippen molar-refractivity contribution >= 4 is 11.9 Å². The summed E-state index contributed by atoms with van der Waals surface area (Å²) in [6.07, 6.45) is 3.27. The lowest BCUT2D eigenvalue weighted by molar-refractivity contribution is -0.149. The van der Waals surface area contributed by atoms with Gasteiger partial charge in [0.25, 0.3) is 0 Å². The molecule has 0 aromatic heterocycles. The first kappa shape index (κ1) is 18.2. The van der Waals surface area contributed by atoms with Crippen molar-refractivity contribution in [3.8, 4) is 0 Å². The van der Waals surface area contributed by atoms with Gasteiger partial charge in [-0.3, -0.25) is 4.79 Å². The Morgan fingerprint density at radius 1 is 1.05 bits per heavy atom. The fraction of sp³-hybridized carbons (Fsp3) is 0.556. The minimum Gasteiger partial charge on any atom is -0.463 e. The molecule has 22 heavy (non-hydrogen) atoms. The molecule has 0 N–H and O–H groups in total. The summed E-state index contributed by atoms with van der Waals surface area (Å²) < 4.78 is 10.6. The quantitative estimate of drug-likeness (QED) is 0.508. The molecule has 0 fully saturated rings. The number of carbonyl (C=O) groups is 2. The van der Waals surface area contributed by atoms with Crippen molar-refractivity contribution < 1.29 is 19.1 Å². The highest BCUT2D eigenvalue weighted by atomic mass is 16.6. The van der Waals surface area contributed by atoms with Crippen molar-refractivity contribution in [1.82, 2.24) is 0 Å². The Morgan fingerprint density at radius 2 is 1.73 bits per heavy atom. The average molecular weight is 306 g/mol. The predicted molar refractivity (Wildman–Crippen MR) is 85.6 cm³/mol. The van der Waals surface area contributed by atoms with Crippen LogP contribution in [0, 0.1) is 0 Å². The van der Waals surface area contributed by atoms with E-state index in [0.717, 1.165) is 19.3 Å². The monoisotopic (exact) mass is 306 g/mol. The lowest BCUT2D eigenvalue weighted by Crippen LogP contribution is -2.24. The summed E-state index contributed by atoms with van der Waals surface area (Å²) in [5.74, 6) is -0.711. The Balaban J connectivity index is 2.60. The van der Waals surface area contributed by atoms with Gasteiger partial charge in [0.05, 0.1) is 18.1 Å². The largest absolute Gasteiger partial charge is 0.463 e. The number of hydrogen-bond donors (Lipinski definition) is 0. The lowest BCUT2D eigenvalue weighted by Gasteiger charge is -2.18. The van der Waals surface area contributed by atoms with Crippen LogP contribution >= 0.6 is 0 Å². The summed E-state index contributed by atoms with van der Waals surface area (Å²) in [7, 11) is 0. The third-order valence-corrected chi connectivity index (χ3v) is 3.17. The molecule has 0 bridgehead atoms. The standard InChI is InChI=1S/C18H26O4/c1-4-5-7-12-16(13-17(19)21-14(2)3)22-18(20)15-10-8-6-9-11-15/h6,8-11,14,16H,4-5,7,12-13H2,1-3H3. The Labute approximate surface area is 132 Å². The molecule has 122 valence electrons. The molecule has 0 spiro atoms. The van der Waals surface area contributed by atoms with Gasteiger partial charge in [-0.2, -0.15) is 0 Å². The number of hydrogen-bond acceptors (Lipinski definition) is 4. The summed E-state index contributed by atoms with van der Waals surface area (Å²) in [6.45, 7) is 5.72. The zero-order valence-electron chi connectivity index (χ0n) is 13.7. The number of rotatable bonds is 9. The van der Waals surface area contributed by atoms with Gasteiger partial charge in [-0.1, -0.05) is 38.0 Å². The highest BCUT2D eigenvalue weighted by Gasteiger charge is 2.20. The SMILES string of the molecule is CCCCCC(CC(=O)OC(C)C)OC(=O)c1ccccc1. The van der Waals surface area contributed by atoms with E-state index < -0.39 is 6.10 Å². The van der Waals surface area contributed by atoms with Crippen LogP contribution in [-0.2, 0) is 14.3 Å². The number of ether oxygens (including phenoxy) is 2. The average Bonchev–Trinajstić information content (AvgIpc) is 2.47. The summed E-state index contributed by atoms with van der Waals surface area (Å²) in [5, 5.41) is 0. The molecular weight excluding hydrogens is 280 g/mol. The van der Waals surface area contributed by atoms with Crippen LogP contribution in [0.3, 0.4) is 0 Å². The van der Waals surface area contributed by atoms with E-state index in [1.807, 2.05) is 6.07 Å². The van der Waals surface area contributed by atoms with Gasteiger partial charge in [0.2, 0.25) is 0 Å². The summed E-state index contributed by atoms with van der Waals surface area (Å²) in [6, 6.07) is 8.83. The van der Waals surface area contributed by atoms with E-state index in [-0.39, 0.29) is 24.5 Å². The van der Waals surface area contributed by atoms with E-state index in [9.17, 15) is 9.59 Å². The Hall–Kier alpha value is -1.84. The smallest absolute Gasteiger partial charge is 0.338 e. The minimum absolute atomic E-state index is 0.112. The van der Waals surface area contributed by atoms with Crippen LogP contribution in [0.1, 0.15) is 63.2 Å². The fourth-order valence-corrected chi connectivity index (χ4v) is 2.12. The molecule has 1 unspecified atom stereocenters. The van der Waals surface area contributed by atoms with Crippen LogP contribution in [0.15, 0.2) is 30.3 Å². The lowest BCUT2D eigenvalue weighted by atomic mass is 10.1. The second kappa shape index (κ2) is 9.98. The van der Waals surface area contributed by atoms with Gasteiger partial charge >= 0.3 is 11.9 Å². The van der Waals surface area contributed by atoms with Crippen molar-refractivity contribution in [2.24, 2.45) is 0 Å². The predicted octanol–water partition coefficient (Wildman–Crippen LogP) is 4.13. The highest BCUT2D eigenvalue weighted by molar-refractivity contribution is 5.89. The summed E-state index contributed by atoms with van der Waals surface area (Å²) in [5.41, 5.74) is 0.500. The van der Waals surface area contributed by atoms with Gasteiger partial charge in [-0.15, -0.1) is 0 Å². The molecule has 0 aliphatic heterocycles. The van der Waals surface area contributed by atoms with E-state index >= 15 is 0 Å². The highest BCUT2D eigenvalue weighted by Crippen LogP contribution is 2.14. The zero-order valence-corrected chi connectivity index (χ0v) is 13.7.